The Morgan fingerprint density at radius 2 is 1.53 bits per heavy atom. The number of hydrogen-bond donors (Lipinski definition) is 4. The van der Waals surface area contributed by atoms with E-state index in [0.29, 0.717) is 19.6 Å². The normalized spacial score (nSPS) is 25.3. The average molecular weight is 470 g/mol. The summed E-state index contributed by atoms with van der Waals surface area (Å²) in [6.45, 7) is 8.46. The monoisotopic (exact) mass is 469 g/mol. The summed E-state index contributed by atoms with van der Waals surface area (Å²) in [5, 5.41) is 25.5. The SMILES string of the molecule is CC12CCC(C(=Cc3ccc(S(=O)(=O)[O-])cc3)C1=O)C2(C)C.OCC[NH+](CCO)CCO. The second-order valence-corrected chi connectivity index (χ2v) is 10.6. The first-order chi connectivity index (χ1) is 14.9. The van der Waals surface area contributed by atoms with E-state index in [4.69, 9.17) is 15.3 Å². The van der Waals surface area contributed by atoms with Gasteiger partial charge in [0.2, 0.25) is 0 Å². The topological polar surface area (TPSA) is 139 Å². The lowest BCUT2D eigenvalue weighted by Crippen LogP contribution is -3.13. The fourth-order valence-electron chi connectivity index (χ4n) is 4.85. The second-order valence-electron chi connectivity index (χ2n) is 9.27. The summed E-state index contributed by atoms with van der Waals surface area (Å²) in [6.07, 6.45) is 3.78. The molecule has 0 aromatic heterocycles. The summed E-state index contributed by atoms with van der Waals surface area (Å²) in [5.41, 5.74) is 1.23. The van der Waals surface area contributed by atoms with Gasteiger partial charge in [-0.25, -0.2) is 8.42 Å². The number of aliphatic hydroxyl groups is 3. The van der Waals surface area contributed by atoms with E-state index in [1.807, 2.05) is 13.0 Å². The van der Waals surface area contributed by atoms with Gasteiger partial charge in [0.1, 0.15) is 29.8 Å². The molecule has 2 bridgehead atoms. The standard InChI is InChI=1S/C17H20O4S.C6H15NO3/c1-16(2)14-8-9-17(16,3)15(18)13(14)10-11-4-6-12(7-5-11)22(19,20)21;8-4-1-7(2-5-9)3-6-10/h4-7,10,14H,8-9H2,1-3H3,(H,19,20,21);8-10H,1-6H2. The van der Waals surface area contributed by atoms with Crippen molar-refractivity contribution in [3.63, 3.8) is 0 Å². The fraction of sp³-hybridized carbons (Fsp3) is 0.609. The Hall–Kier alpha value is -1.62. The molecule has 3 rings (SSSR count). The summed E-state index contributed by atoms with van der Waals surface area (Å²) < 4.78 is 32.8. The van der Waals surface area contributed by atoms with Crippen molar-refractivity contribution in [1.29, 1.82) is 0 Å². The Morgan fingerprint density at radius 1 is 1.03 bits per heavy atom. The number of Topliss-reactive ketones (excluding diaryl/α,β-unsaturated/α-hetero) is 1. The van der Waals surface area contributed by atoms with Gasteiger partial charge in [0.15, 0.2) is 5.78 Å². The minimum atomic E-state index is -4.43. The van der Waals surface area contributed by atoms with Crippen LogP contribution in [0, 0.1) is 16.7 Å². The van der Waals surface area contributed by atoms with E-state index < -0.39 is 10.1 Å². The molecule has 0 saturated heterocycles. The third-order valence-corrected chi connectivity index (χ3v) is 8.10. The minimum absolute atomic E-state index is 0.0474. The molecular formula is C23H35NO7S. The number of carbonyl (C=O) groups is 1. The van der Waals surface area contributed by atoms with Crippen LogP contribution in [-0.2, 0) is 14.9 Å². The second kappa shape index (κ2) is 10.5. The van der Waals surface area contributed by atoms with E-state index in [1.165, 1.54) is 12.1 Å². The van der Waals surface area contributed by atoms with Crippen LogP contribution in [0.15, 0.2) is 34.7 Å². The Morgan fingerprint density at radius 3 is 1.91 bits per heavy atom. The highest BCUT2D eigenvalue weighted by Gasteiger charge is 2.63. The van der Waals surface area contributed by atoms with Crippen molar-refractivity contribution in [3.05, 3.63) is 35.4 Å². The average Bonchev–Trinajstić information content (AvgIpc) is 3.03. The van der Waals surface area contributed by atoms with E-state index in [-0.39, 0.29) is 47.2 Å². The summed E-state index contributed by atoms with van der Waals surface area (Å²) in [5.74, 6) is 0.446. The van der Waals surface area contributed by atoms with Crippen LogP contribution in [0.5, 0.6) is 0 Å². The van der Waals surface area contributed by atoms with E-state index in [2.05, 4.69) is 13.8 Å². The zero-order valence-corrected chi connectivity index (χ0v) is 19.8. The molecule has 2 aliphatic rings. The zero-order valence-electron chi connectivity index (χ0n) is 19.0. The van der Waals surface area contributed by atoms with Gasteiger partial charge in [-0.1, -0.05) is 32.9 Å². The smallest absolute Gasteiger partial charge is 0.165 e. The quantitative estimate of drug-likeness (QED) is 0.307. The zero-order chi connectivity index (χ0) is 24.2. The number of nitrogens with one attached hydrogen (secondary N) is 1. The van der Waals surface area contributed by atoms with Gasteiger partial charge in [0.25, 0.3) is 0 Å². The van der Waals surface area contributed by atoms with E-state index in [0.717, 1.165) is 28.9 Å². The fourth-order valence-corrected chi connectivity index (χ4v) is 5.32. The Labute approximate surface area is 190 Å². The summed E-state index contributed by atoms with van der Waals surface area (Å²) in [6, 6.07) is 5.73. The number of hydrogen-bond acceptors (Lipinski definition) is 7. The highest BCUT2D eigenvalue weighted by atomic mass is 32.2. The molecule has 32 heavy (non-hydrogen) atoms. The van der Waals surface area contributed by atoms with Gasteiger partial charge in [0.05, 0.1) is 24.7 Å². The predicted molar refractivity (Wildman–Crippen MR) is 119 cm³/mol. The third-order valence-electron chi connectivity index (χ3n) is 7.25. The van der Waals surface area contributed by atoms with Crippen LogP contribution in [0.25, 0.3) is 6.08 Å². The largest absolute Gasteiger partial charge is 0.744 e. The number of ketones is 1. The van der Waals surface area contributed by atoms with Gasteiger partial charge in [-0.05, 0) is 53.5 Å². The van der Waals surface area contributed by atoms with Crippen molar-refractivity contribution >= 4 is 22.0 Å². The highest BCUT2D eigenvalue weighted by molar-refractivity contribution is 7.85. The van der Waals surface area contributed by atoms with Crippen LogP contribution in [0.3, 0.4) is 0 Å². The summed E-state index contributed by atoms with van der Waals surface area (Å²) in [4.78, 5) is 13.5. The molecule has 8 nitrogen and oxygen atoms in total. The van der Waals surface area contributed by atoms with Gasteiger partial charge in [0, 0.05) is 5.41 Å². The Balaban J connectivity index is 0.000000309. The van der Waals surface area contributed by atoms with E-state index >= 15 is 0 Å². The Bertz CT molecular complexity index is 910. The number of quaternary nitrogens is 1. The van der Waals surface area contributed by atoms with Gasteiger partial charge in [-0.15, -0.1) is 0 Å². The van der Waals surface area contributed by atoms with Crippen molar-refractivity contribution in [2.24, 2.45) is 16.7 Å². The molecule has 0 heterocycles. The number of allylic oxidation sites excluding steroid dienone is 1. The van der Waals surface area contributed by atoms with Crippen molar-refractivity contribution in [3.8, 4) is 0 Å². The van der Waals surface area contributed by atoms with Crippen LogP contribution in [-0.4, -0.2) is 73.5 Å². The molecule has 2 aliphatic carbocycles. The molecule has 2 unspecified atom stereocenters. The molecule has 2 atom stereocenters. The lowest BCUT2D eigenvalue weighted by molar-refractivity contribution is -0.901. The highest BCUT2D eigenvalue weighted by Crippen LogP contribution is 2.65. The molecule has 9 heteroatoms. The summed E-state index contributed by atoms with van der Waals surface area (Å²) >= 11 is 0. The van der Waals surface area contributed by atoms with Crippen LogP contribution in [0.1, 0.15) is 39.2 Å². The van der Waals surface area contributed by atoms with Crippen LogP contribution in [0.2, 0.25) is 0 Å². The van der Waals surface area contributed by atoms with Crippen molar-refractivity contribution < 1.29 is 38.0 Å². The van der Waals surface area contributed by atoms with E-state index in [1.54, 1.807) is 12.1 Å². The van der Waals surface area contributed by atoms with Gasteiger partial charge in [-0.3, -0.25) is 4.79 Å². The van der Waals surface area contributed by atoms with Gasteiger partial charge < -0.3 is 24.8 Å². The van der Waals surface area contributed by atoms with E-state index in [9.17, 15) is 17.8 Å². The molecule has 0 amide bonds. The molecule has 2 saturated carbocycles. The summed E-state index contributed by atoms with van der Waals surface area (Å²) in [7, 11) is -4.43. The Kier molecular flexibility index (Phi) is 8.77. The molecule has 0 spiro atoms. The molecule has 180 valence electrons. The number of aliphatic hydroxyl groups excluding tert-OH is 3. The lowest BCUT2D eigenvalue weighted by Gasteiger charge is -2.31. The maximum atomic E-state index is 12.7. The van der Waals surface area contributed by atoms with Gasteiger partial charge in [-0.2, -0.15) is 0 Å². The first-order valence-corrected chi connectivity index (χ1v) is 12.3. The number of benzene rings is 1. The van der Waals surface area contributed by atoms with Crippen molar-refractivity contribution in [2.75, 3.05) is 39.5 Å². The lowest BCUT2D eigenvalue weighted by atomic mass is 9.70. The third kappa shape index (κ3) is 5.47. The first kappa shape index (κ1) is 26.6. The van der Waals surface area contributed by atoms with Crippen LogP contribution < -0.4 is 4.90 Å². The minimum Gasteiger partial charge on any atom is -0.744 e. The molecule has 0 aliphatic heterocycles. The molecule has 4 N–H and O–H groups in total. The predicted octanol–water partition coefficient (Wildman–Crippen LogP) is -0.152. The van der Waals surface area contributed by atoms with Crippen LogP contribution in [0.4, 0.5) is 0 Å². The molecule has 1 aromatic rings. The van der Waals surface area contributed by atoms with Crippen LogP contribution >= 0.6 is 0 Å². The van der Waals surface area contributed by atoms with Crippen molar-refractivity contribution in [1.82, 2.24) is 0 Å². The number of fused-ring (bicyclic) bond motifs is 2. The molecule has 0 radical (unpaired) electrons. The first-order valence-electron chi connectivity index (χ1n) is 10.9. The molecule has 1 aromatic carbocycles. The number of rotatable bonds is 8. The van der Waals surface area contributed by atoms with Crippen molar-refractivity contribution in [2.45, 2.75) is 38.5 Å². The number of carbonyl (C=O) groups excluding carboxylic acids is 1. The molecule has 2 fully saturated rings. The maximum absolute atomic E-state index is 12.7. The molecular weight excluding hydrogens is 434 g/mol. The van der Waals surface area contributed by atoms with Gasteiger partial charge >= 0.3 is 0 Å². The maximum Gasteiger partial charge on any atom is 0.165 e.